The summed E-state index contributed by atoms with van der Waals surface area (Å²) in [6.07, 6.45) is 1.20. The predicted molar refractivity (Wildman–Crippen MR) is 96.1 cm³/mol. The molecule has 6 nitrogen and oxygen atoms in total. The zero-order valence-corrected chi connectivity index (χ0v) is 16.5. The molecule has 24 heavy (non-hydrogen) atoms. The highest BCUT2D eigenvalue weighted by Gasteiger charge is 2.36. The summed E-state index contributed by atoms with van der Waals surface area (Å²) >= 11 is 0. The maximum Gasteiger partial charge on any atom is 0.211 e. The van der Waals surface area contributed by atoms with E-state index in [1.54, 1.807) is 7.05 Å². The first-order chi connectivity index (χ1) is 11.1. The minimum Gasteiger partial charge on any atom is -0.463 e. The van der Waals surface area contributed by atoms with Crippen LogP contribution in [0.5, 0.6) is 0 Å². The van der Waals surface area contributed by atoms with E-state index < -0.39 is 10.0 Å². The standard InChI is InChI=1S/C17H31N3O3S/c1-13(2)16-11-20(12-17(16)18(3)4)10-15-8-7-14(23-15)9-19(5)24(6,21)22/h7-8,13,16-17H,9-12H2,1-6H3/t16-,17+/m1/s1. The van der Waals surface area contributed by atoms with Crippen molar-refractivity contribution in [3.8, 4) is 0 Å². The average Bonchev–Trinajstić information content (AvgIpc) is 3.05. The van der Waals surface area contributed by atoms with Crippen molar-refractivity contribution < 1.29 is 12.8 Å². The lowest BCUT2D eigenvalue weighted by Gasteiger charge is -2.27. The number of hydrogen-bond donors (Lipinski definition) is 0. The van der Waals surface area contributed by atoms with Crippen molar-refractivity contribution in [1.82, 2.24) is 14.1 Å². The molecule has 1 fully saturated rings. The summed E-state index contributed by atoms with van der Waals surface area (Å²) in [6, 6.07) is 4.39. The van der Waals surface area contributed by atoms with Gasteiger partial charge in [-0.25, -0.2) is 8.42 Å². The van der Waals surface area contributed by atoms with E-state index in [0.717, 1.165) is 25.4 Å². The van der Waals surface area contributed by atoms with Crippen molar-refractivity contribution in [2.24, 2.45) is 11.8 Å². The van der Waals surface area contributed by atoms with Crippen LogP contribution in [0.4, 0.5) is 0 Å². The van der Waals surface area contributed by atoms with E-state index in [2.05, 4.69) is 37.7 Å². The van der Waals surface area contributed by atoms with Gasteiger partial charge in [-0.05, 0) is 38.1 Å². The van der Waals surface area contributed by atoms with Crippen LogP contribution < -0.4 is 0 Å². The fourth-order valence-corrected chi connectivity index (χ4v) is 3.74. The Morgan fingerprint density at radius 3 is 2.33 bits per heavy atom. The molecule has 0 N–H and O–H groups in total. The lowest BCUT2D eigenvalue weighted by Crippen LogP contribution is -2.37. The summed E-state index contributed by atoms with van der Waals surface area (Å²) < 4.78 is 30.1. The van der Waals surface area contributed by atoms with Gasteiger partial charge in [0.15, 0.2) is 0 Å². The molecule has 2 atom stereocenters. The average molecular weight is 358 g/mol. The molecule has 2 heterocycles. The van der Waals surface area contributed by atoms with Crippen LogP contribution >= 0.6 is 0 Å². The Hall–Kier alpha value is -0.890. The number of hydrogen-bond acceptors (Lipinski definition) is 5. The minimum atomic E-state index is -3.19. The molecule has 2 rings (SSSR count). The molecule has 0 radical (unpaired) electrons. The molecule has 0 bridgehead atoms. The zero-order chi connectivity index (χ0) is 18.1. The van der Waals surface area contributed by atoms with Crippen molar-refractivity contribution in [2.75, 3.05) is 40.5 Å². The first-order valence-corrected chi connectivity index (χ1v) is 10.3. The van der Waals surface area contributed by atoms with Crippen LogP contribution in [0.25, 0.3) is 0 Å². The van der Waals surface area contributed by atoms with E-state index in [4.69, 9.17) is 4.42 Å². The molecule has 138 valence electrons. The molecule has 0 saturated carbocycles. The fourth-order valence-electron chi connectivity index (χ4n) is 3.37. The van der Waals surface area contributed by atoms with Gasteiger partial charge in [0, 0.05) is 26.2 Å². The maximum atomic E-state index is 11.5. The van der Waals surface area contributed by atoms with Crippen molar-refractivity contribution >= 4 is 10.0 Å². The summed E-state index contributed by atoms with van der Waals surface area (Å²) in [6.45, 7) is 7.73. The Balaban J connectivity index is 1.98. The monoisotopic (exact) mass is 357 g/mol. The van der Waals surface area contributed by atoms with E-state index >= 15 is 0 Å². The smallest absolute Gasteiger partial charge is 0.211 e. The molecular formula is C17H31N3O3S. The number of sulfonamides is 1. The van der Waals surface area contributed by atoms with Crippen LogP contribution in [0.15, 0.2) is 16.5 Å². The number of furan rings is 1. The first-order valence-electron chi connectivity index (χ1n) is 8.45. The second-order valence-corrected chi connectivity index (χ2v) is 9.61. The van der Waals surface area contributed by atoms with Gasteiger partial charge in [0.2, 0.25) is 10.0 Å². The molecule has 1 aliphatic heterocycles. The van der Waals surface area contributed by atoms with Crippen molar-refractivity contribution in [1.29, 1.82) is 0 Å². The Bertz CT molecular complexity index is 623. The molecule has 0 aromatic carbocycles. The number of rotatable bonds is 7. The van der Waals surface area contributed by atoms with E-state index in [1.807, 2.05) is 12.1 Å². The largest absolute Gasteiger partial charge is 0.463 e. The Morgan fingerprint density at radius 1 is 1.21 bits per heavy atom. The quantitative estimate of drug-likeness (QED) is 0.743. The Kier molecular flexibility index (Phi) is 6.12. The Morgan fingerprint density at radius 2 is 1.83 bits per heavy atom. The molecule has 1 aromatic heterocycles. The van der Waals surface area contributed by atoms with Gasteiger partial charge < -0.3 is 9.32 Å². The van der Waals surface area contributed by atoms with Crippen LogP contribution in [0, 0.1) is 11.8 Å². The van der Waals surface area contributed by atoms with Gasteiger partial charge in [0.1, 0.15) is 11.5 Å². The zero-order valence-electron chi connectivity index (χ0n) is 15.7. The summed E-state index contributed by atoms with van der Waals surface area (Å²) in [5.74, 6) is 2.89. The number of likely N-dealkylation sites (tertiary alicyclic amines) is 1. The first kappa shape index (κ1) is 19.4. The summed E-state index contributed by atoms with van der Waals surface area (Å²) in [5.41, 5.74) is 0. The lowest BCUT2D eigenvalue weighted by atomic mass is 9.91. The molecule has 7 heteroatoms. The summed E-state index contributed by atoms with van der Waals surface area (Å²) in [5, 5.41) is 0. The van der Waals surface area contributed by atoms with Gasteiger partial charge in [-0.3, -0.25) is 4.90 Å². The third kappa shape index (κ3) is 4.81. The SMILES string of the molecule is CC(C)[C@H]1CN(Cc2ccc(CN(C)S(C)(=O)=O)o2)C[C@@H]1N(C)C. The highest BCUT2D eigenvalue weighted by molar-refractivity contribution is 7.88. The Labute approximate surface area is 146 Å². The minimum absolute atomic E-state index is 0.272. The van der Waals surface area contributed by atoms with Crippen LogP contribution in [0.1, 0.15) is 25.4 Å². The number of likely N-dealkylation sites (N-methyl/N-ethyl adjacent to an activating group) is 1. The summed E-state index contributed by atoms with van der Waals surface area (Å²) in [7, 11) is 2.67. The van der Waals surface area contributed by atoms with Gasteiger partial charge in [-0.2, -0.15) is 4.31 Å². The van der Waals surface area contributed by atoms with E-state index in [1.165, 1.54) is 10.6 Å². The third-order valence-electron chi connectivity index (χ3n) is 4.97. The van der Waals surface area contributed by atoms with Crippen molar-refractivity contribution in [3.05, 3.63) is 23.7 Å². The lowest BCUT2D eigenvalue weighted by molar-refractivity contribution is 0.215. The molecule has 1 saturated heterocycles. The highest BCUT2D eigenvalue weighted by Crippen LogP contribution is 2.28. The highest BCUT2D eigenvalue weighted by atomic mass is 32.2. The van der Waals surface area contributed by atoms with Crippen LogP contribution in [-0.2, 0) is 23.1 Å². The van der Waals surface area contributed by atoms with Crippen LogP contribution in [0.2, 0.25) is 0 Å². The van der Waals surface area contributed by atoms with Gasteiger partial charge in [-0.15, -0.1) is 0 Å². The second kappa shape index (κ2) is 7.56. The van der Waals surface area contributed by atoms with E-state index in [9.17, 15) is 8.42 Å². The van der Waals surface area contributed by atoms with Gasteiger partial charge >= 0.3 is 0 Å². The van der Waals surface area contributed by atoms with Gasteiger partial charge in [-0.1, -0.05) is 13.8 Å². The summed E-state index contributed by atoms with van der Waals surface area (Å²) in [4.78, 5) is 4.75. The number of nitrogens with zero attached hydrogens (tertiary/aromatic N) is 3. The fraction of sp³-hybridized carbons (Fsp3) is 0.765. The van der Waals surface area contributed by atoms with E-state index in [-0.39, 0.29) is 6.54 Å². The third-order valence-corrected chi connectivity index (χ3v) is 6.23. The molecule has 0 aliphatic carbocycles. The molecule has 1 aliphatic rings. The van der Waals surface area contributed by atoms with Gasteiger partial charge in [0.05, 0.1) is 19.3 Å². The molecule has 0 unspecified atom stereocenters. The topological polar surface area (TPSA) is 57.0 Å². The molecule has 1 aromatic rings. The predicted octanol–water partition coefficient (Wildman–Crippen LogP) is 1.69. The van der Waals surface area contributed by atoms with Crippen molar-refractivity contribution in [2.45, 2.75) is 33.0 Å². The van der Waals surface area contributed by atoms with Crippen LogP contribution in [0.3, 0.4) is 0 Å². The maximum absolute atomic E-state index is 11.5. The molecule has 0 spiro atoms. The second-order valence-electron chi connectivity index (χ2n) is 7.52. The normalized spacial score (nSPS) is 23.0. The molecular weight excluding hydrogens is 326 g/mol. The van der Waals surface area contributed by atoms with E-state index in [0.29, 0.717) is 23.6 Å². The van der Waals surface area contributed by atoms with Crippen LogP contribution in [-0.4, -0.2) is 69.1 Å². The molecule has 0 amide bonds. The van der Waals surface area contributed by atoms with Crippen molar-refractivity contribution in [3.63, 3.8) is 0 Å². The van der Waals surface area contributed by atoms with Gasteiger partial charge in [0.25, 0.3) is 0 Å².